The summed E-state index contributed by atoms with van der Waals surface area (Å²) in [6, 6.07) is 11.6. The third-order valence-corrected chi connectivity index (χ3v) is 3.41. The molecule has 2 aromatic heterocycles. The van der Waals surface area contributed by atoms with Crippen molar-refractivity contribution in [3.63, 3.8) is 0 Å². The van der Waals surface area contributed by atoms with Crippen LogP contribution in [0, 0.1) is 13.8 Å². The molecule has 0 fully saturated rings. The maximum atomic E-state index is 9.37. The van der Waals surface area contributed by atoms with Crippen LogP contribution < -0.4 is 0 Å². The molecular weight excluding hydrogens is 264 g/mol. The van der Waals surface area contributed by atoms with Crippen LogP contribution in [0.2, 0.25) is 0 Å². The zero-order valence-electron chi connectivity index (χ0n) is 12.0. The number of nitrogens with zero attached hydrogens (tertiary/aromatic N) is 4. The van der Waals surface area contributed by atoms with Crippen LogP contribution in [-0.2, 0) is 6.61 Å². The lowest BCUT2D eigenvalue weighted by molar-refractivity contribution is 0.282. The molecule has 0 amide bonds. The molecule has 0 aliphatic carbocycles. The molecule has 0 aliphatic heterocycles. The molecular formula is C16H16N4O. The van der Waals surface area contributed by atoms with Gasteiger partial charge in [0.1, 0.15) is 5.65 Å². The summed E-state index contributed by atoms with van der Waals surface area (Å²) in [5.74, 6) is 0.684. The third-order valence-electron chi connectivity index (χ3n) is 3.41. The fraction of sp³-hybridized carbons (Fsp3) is 0.188. The Morgan fingerprint density at radius 1 is 1.10 bits per heavy atom. The molecule has 0 atom stereocenters. The number of pyridine rings is 1. The predicted octanol–water partition coefficient (Wildman–Crippen LogP) is 3.86. The summed E-state index contributed by atoms with van der Waals surface area (Å²) in [6.45, 7) is 3.84. The summed E-state index contributed by atoms with van der Waals surface area (Å²) in [6.07, 6.45) is 1.88. The van der Waals surface area contributed by atoms with Gasteiger partial charge < -0.3 is 5.11 Å². The monoisotopic (exact) mass is 280 g/mol. The maximum Gasteiger partial charge on any atom is 0.182 e. The topological polar surface area (TPSA) is 62.2 Å². The summed E-state index contributed by atoms with van der Waals surface area (Å²) in [5, 5.41) is 18.0. The second-order valence-corrected chi connectivity index (χ2v) is 4.89. The van der Waals surface area contributed by atoms with Gasteiger partial charge in [0.2, 0.25) is 0 Å². The number of aliphatic hydroxyl groups is 1. The molecule has 0 spiro atoms. The number of benzene rings is 1. The van der Waals surface area contributed by atoms with Gasteiger partial charge in [-0.15, -0.1) is 10.2 Å². The predicted molar refractivity (Wildman–Crippen MR) is 81.2 cm³/mol. The van der Waals surface area contributed by atoms with Crippen molar-refractivity contribution in [1.29, 1.82) is 0 Å². The Morgan fingerprint density at radius 3 is 2.67 bits per heavy atom. The number of hydrogen-bond acceptors (Lipinski definition) is 4. The first-order valence-electron chi connectivity index (χ1n) is 6.75. The number of azo groups is 1. The Balaban J connectivity index is 2.09. The van der Waals surface area contributed by atoms with E-state index in [0.717, 1.165) is 28.2 Å². The Labute approximate surface area is 122 Å². The summed E-state index contributed by atoms with van der Waals surface area (Å²) in [5.41, 5.74) is 4.19. The number of hydrogen-bond donors (Lipinski definition) is 1. The minimum Gasteiger partial charge on any atom is -0.392 e. The highest BCUT2D eigenvalue weighted by molar-refractivity contribution is 5.56. The van der Waals surface area contributed by atoms with Gasteiger partial charge in [0, 0.05) is 11.8 Å². The molecule has 21 heavy (non-hydrogen) atoms. The second kappa shape index (κ2) is 5.46. The van der Waals surface area contributed by atoms with Crippen molar-refractivity contribution >= 4 is 17.2 Å². The SMILES string of the molecule is Cc1ccccc1N=Nc1c(C)nc2c(CO)cccn12. The van der Waals surface area contributed by atoms with Crippen LogP contribution in [0.25, 0.3) is 5.65 Å². The molecule has 2 heterocycles. The van der Waals surface area contributed by atoms with Crippen LogP contribution in [0.3, 0.4) is 0 Å². The normalized spacial score (nSPS) is 11.6. The summed E-state index contributed by atoms with van der Waals surface area (Å²) in [4.78, 5) is 4.47. The van der Waals surface area contributed by atoms with Crippen molar-refractivity contribution < 1.29 is 5.11 Å². The molecule has 0 saturated carbocycles. The number of imidazole rings is 1. The van der Waals surface area contributed by atoms with Gasteiger partial charge in [-0.2, -0.15) is 0 Å². The lowest BCUT2D eigenvalue weighted by atomic mass is 10.2. The average molecular weight is 280 g/mol. The summed E-state index contributed by atoms with van der Waals surface area (Å²) >= 11 is 0. The number of aromatic nitrogens is 2. The Morgan fingerprint density at radius 2 is 1.90 bits per heavy atom. The van der Waals surface area contributed by atoms with Crippen molar-refractivity contribution in [2.24, 2.45) is 10.2 Å². The number of fused-ring (bicyclic) bond motifs is 1. The zero-order valence-corrected chi connectivity index (χ0v) is 12.0. The largest absolute Gasteiger partial charge is 0.392 e. The molecule has 106 valence electrons. The fourth-order valence-electron chi connectivity index (χ4n) is 2.25. The zero-order chi connectivity index (χ0) is 14.8. The van der Waals surface area contributed by atoms with Gasteiger partial charge in [0.25, 0.3) is 0 Å². The second-order valence-electron chi connectivity index (χ2n) is 4.89. The molecule has 0 unspecified atom stereocenters. The van der Waals surface area contributed by atoms with Crippen molar-refractivity contribution in [1.82, 2.24) is 9.38 Å². The first-order valence-corrected chi connectivity index (χ1v) is 6.75. The van der Waals surface area contributed by atoms with E-state index in [1.54, 1.807) is 0 Å². The Bertz CT molecular complexity index is 820. The highest BCUT2D eigenvalue weighted by Gasteiger charge is 2.10. The highest BCUT2D eigenvalue weighted by atomic mass is 16.3. The van der Waals surface area contributed by atoms with E-state index in [0.29, 0.717) is 5.82 Å². The first kappa shape index (κ1) is 13.5. The molecule has 0 aliphatic rings. The van der Waals surface area contributed by atoms with E-state index in [2.05, 4.69) is 15.2 Å². The summed E-state index contributed by atoms with van der Waals surface area (Å²) < 4.78 is 1.85. The van der Waals surface area contributed by atoms with Crippen molar-refractivity contribution in [3.8, 4) is 0 Å². The van der Waals surface area contributed by atoms with Crippen LogP contribution in [0.1, 0.15) is 16.8 Å². The van der Waals surface area contributed by atoms with Gasteiger partial charge in [-0.1, -0.05) is 24.3 Å². The van der Waals surface area contributed by atoms with E-state index >= 15 is 0 Å². The molecule has 1 N–H and O–H groups in total. The molecule has 3 aromatic rings. The van der Waals surface area contributed by atoms with E-state index in [1.807, 2.05) is 60.8 Å². The number of aryl methyl sites for hydroxylation is 2. The minimum absolute atomic E-state index is 0.0465. The molecule has 0 bridgehead atoms. The van der Waals surface area contributed by atoms with Gasteiger partial charge in [-0.3, -0.25) is 4.40 Å². The lowest BCUT2D eigenvalue weighted by Crippen LogP contribution is -1.90. The quantitative estimate of drug-likeness (QED) is 0.740. The van der Waals surface area contributed by atoms with Crippen molar-refractivity contribution in [3.05, 3.63) is 59.4 Å². The van der Waals surface area contributed by atoms with Gasteiger partial charge in [-0.25, -0.2) is 4.98 Å². The van der Waals surface area contributed by atoms with Crippen molar-refractivity contribution in [2.45, 2.75) is 20.5 Å². The van der Waals surface area contributed by atoms with E-state index in [4.69, 9.17) is 0 Å². The van der Waals surface area contributed by atoms with Crippen LogP contribution >= 0.6 is 0 Å². The summed E-state index contributed by atoms with van der Waals surface area (Å²) in [7, 11) is 0. The number of aliphatic hydroxyl groups excluding tert-OH is 1. The van der Waals surface area contributed by atoms with Gasteiger partial charge in [-0.05, 0) is 31.5 Å². The minimum atomic E-state index is -0.0465. The van der Waals surface area contributed by atoms with Crippen LogP contribution in [0.15, 0.2) is 52.8 Å². The van der Waals surface area contributed by atoms with Gasteiger partial charge in [0.05, 0.1) is 18.0 Å². The molecule has 1 aromatic carbocycles. The molecule has 5 heteroatoms. The van der Waals surface area contributed by atoms with Crippen molar-refractivity contribution in [2.75, 3.05) is 0 Å². The molecule has 5 nitrogen and oxygen atoms in total. The van der Waals surface area contributed by atoms with Gasteiger partial charge >= 0.3 is 0 Å². The van der Waals surface area contributed by atoms with Crippen LogP contribution in [0.5, 0.6) is 0 Å². The maximum absolute atomic E-state index is 9.37. The Kier molecular flexibility index (Phi) is 3.50. The fourth-order valence-corrected chi connectivity index (χ4v) is 2.25. The molecule has 3 rings (SSSR count). The van der Waals surface area contributed by atoms with E-state index in [-0.39, 0.29) is 6.61 Å². The average Bonchev–Trinajstić information content (AvgIpc) is 2.82. The van der Waals surface area contributed by atoms with E-state index in [9.17, 15) is 5.11 Å². The van der Waals surface area contributed by atoms with E-state index < -0.39 is 0 Å². The van der Waals surface area contributed by atoms with E-state index in [1.165, 1.54) is 0 Å². The number of rotatable bonds is 3. The standard InChI is InChI=1S/C16H16N4O/c1-11-6-3-4-8-14(11)18-19-15-12(2)17-16-13(10-21)7-5-9-20(15)16/h3-9,21H,10H2,1-2H3. The molecule has 0 saturated heterocycles. The first-order chi connectivity index (χ1) is 10.2. The third kappa shape index (κ3) is 2.43. The van der Waals surface area contributed by atoms with Crippen LogP contribution in [0.4, 0.5) is 11.5 Å². The van der Waals surface area contributed by atoms with Crippen LogP contribution in [-0.4, -0.2) is 14.5 Å². The Hall–Kier alpha value is -2.53. The molecule has 0 radical (unpaired) electrons. The smallest absolute Gasteiger partial charge is 0.182 e. The lowest BCUT2D eigenvalue weighted by Gasteiger charge is -2.00. The highest BCUT2D eigenvalue weighted by Crippen LogP contribution is 2.26. The van der Waals surface area contributed by atoms with Gasteiger partial charge in [0.15, 0.2) is 5.82 Å².